The second kappa shape index (κ2) is 6.50. The fourth-order valence-corrected chi connectivity index (χ4v) is 1.77. The predicted octanol–water partition coefficient (Wildman–Crippen LogP) is 3.89. The van der Waals surface area contributed by atoms with E-state index >= 15 is 0 Å². The van der Waals surface area contributed by atoms with Crippen LogP contribution >= 0.6 is 0 Å². The van der Waals surface area contributed by atoms with Crippen molar-refractivity contribution in [3.8, 4) is 0 Å². The number of hydrogen-bond acceptors (Lipinski definition) is 2. The normalized spacial score (nSPS) is 13.6. The average molecular weight is 315 g/mol. The molecule has 0 aliphatic rings. The zero-order valence-corrected chi connectivity index (χ0v) is 13.0. The van der Waals surface area contributed by atoms with Crippen molar-refractivity contribution in [2.24, 2.45) is 5.41 Å². The molecule has 1 rings (SSSR count). The zero-order valence-electron chi connectivity index (χ0n) is 13.0. The Balaban J connectivity index is 2.75. The van der Waals surface area contributed by atoms with Gasteiger partial charge >= 0.3 is 6.18 Å². The van der Waals surface area contributed by atoms with Crippen LogP contribution < -0.4 is 5.32 Å². The lowest BCUT2D eigenvalue weighted by Crippen LogP contribution is -2.32. The molecule has 22 heavy (non-hydrogen) atoms. The van der Waals surface area contributed by atoms with Gasteiger partial charge in [0.25, 0.3) is 0 Å². The van der Waals surface area contributed by atoms with Crippen molar-refractivity contribution in [1.29, 1.82) is 0 Å². The van der Waals surface area contributed by atoms with Crippen LogP contribution in [-0.2, 0) is 15.8 Å². The minimum absolute atomic E-state index is 0.221. The summed E-state index contributed by atoms with van der Waals surface area (Å²) in [6.45, 7) is 6.70. The number of carbonyl (C=O) groups is 2. The summed E-state index contributed by atoms with van der Waals surface area (Å²) >= 11 is 0. The van der Waals surface area contributed by atoms with E-state index in [1.807, 2.05) is 0 Å². The highest BCUT2D eigenvalue weighted by Gasteiger charge is 2.31. The number of amides is 1. The fraction of sp³-hybridized carbons (Fsp3) is 0.500. The van der Waals surface area contributed by atoms with Gasteiger partial charge in [-0.05, 0) is 24.6 Å². The largest absolute Gasteiger partial charge is 0.416 e. The van der Waals surface area contributed by atoms with Gasteiger partial charge in [-0.15, -0.1) is 0 Å². The van der Waals surface area contributed by atoms with Crippen LogP contribution in [0.1, 0.15) is 51.3 Å². The van der Waals surface area contributed by atoms with E-state index in [4.69, 9.17) is 0 Å². The van der Waals surface area contributed by atoms with E-state index in [1.54, 1.807) is 27.7 Å². The second-order valence-electron chi connectivity index (χ2n) is 6.26. The van der Waals surface area contributed by atoms with Gasteiger partial charge in [0.1, 0.15) is 5.78 Å². The molecule has 0 aromatic heterocycles. The minimum atomic E-state index is -4.43. The van der Waals surface area contributed by atoms with Gasteiger partial charge in [0.05, 0.1) is 18.0 Å². The molecule has 1 aromatic rings. The second-order valence-corrected chi connectivity index (χ2v) is 6.26. The Labute approximate surface area is 127 Å². The number of rotatable bonds is 4. The van der Waals surface area contributed by atoms with Crippen molar-refractivity contribution >= 4 is 11.7 Å². The molecule has 1 atom stereocenters. The van der Waals surface area contributed by atoms with E-state index < -0.39 is 29.1 Å². The predicted molar refractivity (Wildman–Crippen MR) is 77.1 cm³/mol. The third-order valence-corrected chi connectivity index (χ3v) is 3.25. The first-order valence-electron chi connectivity index (χ1n) is 6.91. The van der Waals surface area contributed by atoms with Crippen LogP contribution in [0.15, 0.2) is 24.3 Å². The van der Waals surface area contributed by atoms with Crippen LogP contribution in [0.5, 0.6) is 0 Å². The van der Waals surface area contributed by atoms with Crippen molar-refractivity contribution in [1.82, 2.24) is 5.32 Å². The van der Waals surface area contributed by atoms with Gasteiger partial charge in [0.2, 0.25) is 5.91 Å². The fourth-order valence-electron chi connectivity index (χ4n) is 1.77. The van der Waals surface area contributed by atoms with Crippen LogP contribution in [0.3, 0.4) is 0 Å². The molecule has 1 aromatic carbocycles. The average Bonchev–Trinajstić information content (AvgIpc) is 2.36. The Morgan fingerprint density at radius 1 is 1.18 bits per heavy atom. The van der Waals surface area contributed by atoms with Crippen LogP contribution in [0.2, 0.25) is 0 Å². The van der Waals surface area contributed by atoms with E-state index in [1.165, 1.54) is 12.1 Å². The molecule has 0 bridgehead atoms. The van der Waals surface area contributed by atoms with Gasteiger partial charge in [0, 0.05) is 5.41 Å². The highest BCUT2D eigenvalue weighted by Crippen LogP contribution is 2.30. The van der Waals surface area contributed by atoms with Gasteiger partial charge in [-0.3, -0.25) is 9.59 Å². The molecular weight excluding hydrogens is 295 g/mol. The molecule has 1 unspecified atom stereocenters. The zero-order chi connectivity index (χ0) is 17.1. The monoisotopic (exact) mass is 315 g/mol. The first kappa shape index (κ1) is 18.2. The molecule has 0 saturated carbocycles. The molecule has 1 N–H and O–H groups in total. The van der Waals surface area contributed by atoms with Crippen LogP contribution in [0, 0.1) is 5.41 Å². The van der Waals surface area contributed by atoms with Gasteiger partial charge in [0.15, 0.2) is 0 Å². The summed E-state index contributed by atoms with van der Waals surface area (Å²) in [5, 5.41) is 2.55. The van der Waals surface area contributed by atoms with Gasteiger partial charge in [-0.2, -0.15) is 13.2 Å². The Bertz CT molecular complexity index is 559. The van der Waals surface area contributed by atoms with Gasteiger partial charge in [-0.1, -0.05) is 32.9 Å². The summed E-state index contributed by atoms with van der Waals surface area (Å²) in [7, 11) is 0. The molecule has 6 heteroatoms. The van der Waals surface area contributed by atoms with Gasteiger partial charge < -0.3 is 5.32 Å². The molecule has 0 spiro atoms. The molecule has 0 fully saturated rings. The summed E-state index contributed by atoms with van der Waals surface area (Å²) in [6.07, 6.45) is -4.71. The number of carbonyl (C=O) groups excluding carboxylic acids is 2. The third-order valence-electron chi connectivity index (χ3n) is 3.25. The lowest BCUT2D eigenvalue weighted by Gasteiger charge is -2.19. The molecule has 0 saturated heterocycles. The lowest BCUT2D eigenvalue weighted by molar-refractivity contribution is -0.137. The first-order chi connectivity index (χ1) is 9.91. The Hall–Kier alpha value is -1.85. The number of alkyl halides is 3. The van der Waals surface area contributed by atoms with E-state index in [0.717, 1.165) is 12.1 Å². The molecule has 0 aliphatic heterocycles. The number of benzene rings is 1. The van der Waals surface area contributed by atoms with E-state index in [2.05, 4.69) is 5.32 Å². The smallest absolute Gasteiger partial charge is 0.349 e. The highest BCUT2D eigenvalue weighted by atomic mass is 19.4. The Kier molecular flexibility index (Phi) is 5.38. The summed E-state index contributed by atoms with van der Waals surface area (Å²) < 4.78 is 38.0. The molecule has 0 heterocycles. The number of hydrogen-bond donors (Lipinski definition) is 1. The van der Waals surface area contributed by atoms with Crippen molar-refractivity contribution < 1.29 is 22.8 Å². The van der Waals surface area contributed by atoms with Crippen LogP contribution in [0.4, 0.5) is 13.2 Å². The van der Waals surface area contributed by atoms with Crippen molar-refractivity contribution in [2.75, 3.05) is 0 Å². The summed E-state index contributed by atoms with van der Waals surface area (Å²) in [6, 6.07) is 4.16. The van der Waals surface area contributed by atoms with Crippen molar-refractivity contribution in [2.45, 2.75) is 46.3 Å². The van der Waals surface area contributed by atoms with Crippen LogP contribution in [-0.4, -0.2) is 11.7 Å². The summed E-state index contributed by atoms with van der Waals surface area (Å²) in [4.78, 5) is 23.6. The maximum atomic E-state index is 12.7. The highest BCUT2D eigenvalue weighted by molar-refractivity contribution is 6.00. The number of Topliss-reactive ketones (excluding diaryl/α,β-unsaturated/α-hetero) is 1. The van der Waals surface area contributed by atoms with Crippen molar-refractivity contribution in [3.63, 3.8) is 0 Å². The molecular formula is C16H20F3NO2. The maximum Gasteiger partial charge on any atom is 0.416 e. The first-order valence-corrected chi connectivity index (χ1v) is 6.91. The molecule has 1 amide bonds. The van der Waals surface area contributed by atoms with Crippen LogP contribution in [0.25, 0.3) is 0 Å². The van der Waals surface area contributed by atoms with E-state index in [-0.39, 0.29) is 12.2 Å². The number of ketones is 1. The standard InChI is InChI=1S/C16H20F3NO2/c1-10(20-14(22)9-13(21)15(2,3)4)11-6-5-7-12(8-11)16(17,18)19/h5-8,10H,9H2,1-4H3,(H,20,22). The summed E-state index contributed by atoms with van der Waals surface area (Å²) in [5.41, 5.74) is -1.06. The van der Waals surface area contributed by atoms with E-state index in [9.17, 15) is 22.8 Å². The molecule has 122 valence electrons. The number of nitrogens with one attached hydrogen (secondary N) is 1. The lowest BCUT2D eigenvalue weighted by atomic mass is 9.89. The third kappa shape index (κ3) is 5.16. The number of halogens is 3. The Morgan fingerprint density at radius 3 is 2.27 bits per heavy atom. The quantitative estimate of drug-likeness (QED) is 0.857. The van der Waals surface area contributed by atoms with E-state index in [0.29, 0.717) is 5.56 Å². The summed E-state index contributed by atoms with van der Waals surface area (Å²) in [5.74, 6) is -0.717. The molecule has 0 radical (unpaired) electrons. The maximum absolute atomic E-state index is 12.7. The Morgan fingerprint density at radius 2 is 1.77 bits per heavy atom. The van der Waals surface area contributed by atoms with Gasteiger partial charge in [-0.25, -0.2) is 0 Å². The molecule has 3 nitrogen and oxygen atoms in total. The topological polar surface area (TPSA) is 46.2 Å². The minimum Gasteiger partial charge on any atom is -0.349 e. The SMILES string of the molecule is CC(NC(=O)CC(=O)C(C)(C)C)c1cccc(C(F)(F)F)c1. The molecule has 0 aliphatic carbocycles. The van der Waals surface area contributed by atoms with Crippen molar-refractivity contribution in [3.05, 3.63) is 35.4 Å².